The molecule has 6 nitrogen and oxygen atoms in total. The van der Waals surface area contributed by atoms with Gasteiger partial charge in [0.25, 0.3) is 0 Å². The second-order valence-electron chi connectivity index (χ2n) is 5.99. The number of rotatable bonds is 7. The van der Waals surface area contributed by atoms with E-state index in [1.165, 1.54) is 0 Å². The van der Waals surface area contributed by atoms with Gasteiger partial charge in [0, 0.05) is 16.2 Å². The maximum atomic E-state index is 12.4. The third-order valence-electron chi connectivity index (χ3n) is 3.29. The van der Waals surface area contributed by atoms with Crippen molar-refractivity contribution in [1.82, 2.24) is 0 Å². The number of carbonyl (C=O) groups is 1. The number of nitrogens with one attached hydrogen (secondary N) is 1. The Morgan fingerprint density at radius 1 is 1.19 bits per heavy atom. The van der Waals surface area contributed by atoms with Gasteiger partial charge in [-0.2, -0.15) is 0 Å². The minimum absolute atomic E-state index is 0.0130. The maximum Gasteiger partial charge on any atom is 0.245 e. The first-order chi connectivity index (χ1) is 12.1. The molecule has 0 radical (unpaired) electrons. The van der Waals surface area contributed by atoms with Gasteiger partial charge in [-0.15, -0.1) is 0 Å². The van der Waals surface area contributed by atoms with Crippen LogP contribution >= 0.6 is 15.9 Å². The first kappa shape index (κ1) is 20.3. The molecule has 2 rings (SSSR count). The molecular weight excluding hydrogens is 420 g/mol. The summed E-state index contributed by atoms with van der Waals surface area (Å²) in [7, 11) is -3.61. The number of nitrogens with zero attached hydrogens (tertiary/aromatic N) is 1. The first-order valence-corrected chi connectivity index (χ1v) is 10.6. The molecule has 2 aromatic rings. The van der Waals surface area contributed by atoms with Crippen molar-refractivity contribution in [3.05, 3.63) is 53.0 Å². The Balaban J connectivity index is 2.14. The van der Waals surface area contributed by atoms with Gasteiger partial charge in [0.2, 0.25) is 15.9 Å². The predicted octanol–water partition coefficient (Wildman–Crippen LogP) is 3.64. The van der Waals surface area contributed by atoms with Crippen molar-refractivity contribution in [2.45, 2.75) is 20.0 Å². The molecule has 2 aromatic carbocycles. The van der Waals surface area contributed by atoms with Crippen molar-refractivity contribution in [3.63, 3.8) is 0 Å². The zero-order valence-corrected chi connectivity index (χ0v) is 17.2. The van der Waals surface area contributed by atoms with Crippen molar-refractivity contribution in [2.24, 2.45) is 0 Å². The van der Waals surface area contributed by atoms with Gasteiger partial charge in [-0.3, -0.25) is 9.10 Å². The Hall–Kier alpha value is -2.06. The summed E-state index contributed by atoms with van der Waals surface area (Å²) in [6, 6.07) is 13.7. The van der Waals surface area contributed by atoms with E-state index in [2.05, 4.69) is 21.2 Å². The maximum absolute atomic E-state index is 12.4. The van der Waals surface area contributed by atoms with E-state index in [0.717, 1.165) is 15.0 Å². The fourth-order valence-corrected chi connectivity index (χ4v) is 3.38. The van der Waals surface area contributed by atoms with Gasteiger partial charge in [0.15, 0.2) is 0 Å². The number of carbonyl (C=O) groups excluding carboxylic acids is 1. The third kappa shape index (κ3) is 6.03. The van der Waals surface area contributed by atoms with Gasteiger partial charge in [-0.05, 0) is 50.2 Å². The molecule has 0 aliphatic rings. The summed E-state index contributed by atoms with van der Waals surface area (Å²) in [5.74, 6) is 0.186. The van der Waals surface area contributed by atoms with Crippen LogP contribution in [0.25, 0.3) is 0 Å². The molecule has 1 N–H and O–H groups in total. The summed E-state index contributed by atoms with van der Waals surface area (Å²) in [5.41, 5.74) is 0.958. The van der Waals surface area contributed by atoms with Crippen LogP contribution in [0, 0.1) is 0 Å². The highest BCUT2D eigenvalue weighted by atomic mass is 79.9. The lowest BCUT2D eigenvalue weighted by Gasteiger charge is -2.22. The standard InChI is InChI=1S/C18H21BrN2O4S/c1-13(2)25-17-6-4-5-15(11-17)20-18(22)12-21(26(3,23)24)16-9-7-14(19)8-10-16/h4-11,13H,12H2,1-3H3,(H,20,22). The highest BCUT2D eigenvalue weighted by molar-refractivity contribution is 9.10. The molecule has 0 fully saturated rings. The molecule has 0 saturated heterocycles. The molecule has 1 amide bonds. The monoisotopic (exact) mass is 440 g/mol. The van der Waals surface area contributed by atoms with E-state index < -0.39 is 15.9 Å². The van der Waals surface area contributed by atoms with Crippen molar-refractivity contribution in [3.8, 4) is 5.75 Å². The largest absolute Gasteiger partial charge is 0.491 e. The average molecular weight is 441 g/mol. The second kappa shape index (κ2) is 8.55. The van der Waals surface area contributed by atoms with E-state index >= 15 is 0 Å². The summed E-state index contributed by atoms with van der Waals surface area (Å²) in [5, 5.41) is 2.70. The smallest absolute Gasteiger partial charge is 0.245 e. The molecule has 0 unspecified atom stereocenters. The second-order valence-corrected chi connectivity index (χ2v) is 8.81. The third-order valence-corrected chi connectivity index (χ3v) is 4.96. The van der Waals surface area contributed by atoms with Gasteiger partial charge in [-0.25, -0.2) is 8.42 Å². The highest BCUT2D eigenvalue weighted by Crippen LogP contribution is 2.22. The van der Waals surface area contributed by atoms with Gasteiger partial charge < -0.3 is 10.1 Å². The summed E-state index contributed by atoms with van der Waals surface area (Å²) < 4.78 is 31.7. The molecular formula is C18H21BrN2O4S. The zero-order chi connectivity index (χ0) is 19.3. The van der Waals surface area contributed by atoms with E-state index in [0.29, 0.717) is 17.1 Å². The van der Waals surface area contributed by atoms with Gasteiger partial charge >= 0.3 is 0 Å². The number of hydrogen-bond acceptors (Lipinski definition) is 4. The molecule has 140 valence electrons. The molecule has 0 aromatic heterocycles. The summed E-state index contributed by atoms with van der Waals surface area (Å²) in [4.78, 5) is 12.4. The SMILES string of the molecule is CC(C)Oc1cccc(NC(=O)CN(c2ccc(Br)cc2)S(C)(=O)=O)c1. The van der Waals surface area contributed by atoms with Crippen molar-refractivity contribution >= 4 is 43.2 Å². The van der Waals surface area contributed by atoms with Crippen LogP contribution in [0.15, 0.2) is 53.0 Å². The van der Waals surface area contributed by atoms with E-state index in [4.69, 9.17) is 4.74 Å². The van der Waals surface area contributed by atoms with Crippen molar-refractivity contribution < 1.29 is 17.9 Å². The number of sulfonamides is 1. The number of anilines is 2. The Kier molecular flexibility index (Phi) is 6.66. The fraction of sp³-hybridized carbons (Fsp3) is 0.278. The molecule has 0 spiro atoms. The topological polar surface area (TPSA) is 75.7 Å². The van der Waals surface area contributed by atoms with E-state index in [9.17, 15) is 13.2 Å². The highest BCUT2D eigenvalue weighted by Gasteiger charge is 2.21. The molecule has 0 saturated carbocycles. The van der Waals surface area contributed by atoms with Crippen molar-refractivity contribution in [2.75, 3.05) is 22.4 Å². The van der Waals surface area contributed by atoms with Crippen LogP contribution in [0.2, 0.25) is 0 Å². The molecule has 0 atom stereocenters. The van der Waals surface area contributed by atoms with Crippen LogP contribution in [0.1, 0.15) is 13.8 Å². The number of ether oxygens (including phenoxy) is 1. The fourth-order valence-electron chi connectivity index (χ4n) is 2.26. The van der Waals surface area contributed by atoms with Crippen LogP contribution in [0.5, 0.6) is 5.75 Å². The predicted molar refractivity (Wildman–Crippen MR) is 107 cm³/mol. The zero-order valence-electron chi connectivity index (χ0n) is 14.8. The first-order valence-electron chi connectivity index (χ1n) is 7.95. The average Bonchev–Trinajstić information content (AvgIpc) is 2.52. The Morgan fingerprint density at radius 2 is 1.85 bits per heavy atom. The van der Waals surface area contributed by atoms with Crippen LogP contribution in [-0.4, -0.2) is 33.2 Å². The van der Waals surface area contributed by atoms with Crippen LogP contribution in [-0.2, 0) is 14.8 Å². The lowest BCUT2D eigenvalue weighted by Crippen LogP contribution is -2.37. The van der Waals surface area contributed by atoms with Crippen LogP contribution in [0.4, 0.5) is 11.4 Å². The minimum atomic E-state index is -3.61. The van der Waals surface area contributed by atoms with E-state index in [-0.39, 0.29) is 12.6 Å². The van der Waals surface area contributed by atoms with Crippen molar-refractivity contribution in [1.29, 1.82) is 0 Å². The van der Waals surface area contributed by atoms with E-state index in [1.54, 1.807) is 48.5 Å². The normalized spacial score (nSPS) is 11.3. The Labute approximate surface area is 162 Å². The lowest BCUT2D eigenvalue weighted by molar-refractivity contribution is -0.114. The van der Waals surface area contributed by atoms with Crippen LogP contribution in [0.3, 0.4) is 0 Å². The molecule has 0 aliphatic carbocycles. The van der Waals surface area contributed by atoms with Crippen LogP contribution < -0.4 is 14.4 Å². The molecule has 0 bridgehead atoms. The summed E-state index contributed by atoms with van der Waals surface area (Å²) in [6.45, 7) is 3.50. The molecule has 26 heavy (non-hydrogen) atoms. The number of amides is 1. The van der Waals surface area contributed by atoms with Gasteiger partial charge in [-0.1, -0.05) is 22.0 Å². The molecule has 0 aliphatic heterocycles. The minimum Gasteiger partial charge on any atom is -0.491 e. The van der Waals surface area contributed by atoms with E-state index in [1.807, 2.05) is 13.8 Å². The van der Waals surface area contributed by atoms with Gasteiger partial charge in [0.1, 0.15) is 12.3 Å². The quantitative estimate of drug-likeness (QED) is 0.712. The molecule has 0 heterocycles. The number of benzene rings is 2. The Bertz CT molecular complexity index is 867. The molecule has 8 heteroatoms. The lowest BCUT2D eigenvalue weighted by atomic mass is 10.3. The van der Waals surface area contributed by atoms with Gasteiger partial charge in [0.05, 0.1) is 18.0 Å². The number of hydrogen-bond donors (Lipinski definition) is 1. The summed E-state index contributed by atoms with van der Waals surface area (Å²) in [6.07, 6.45) is 1.08. The summed E-state index contributed by atoms with van der Waals surface area (Å²) >= 11 is 3.30. The Morgan fingerprint density at radius 3 is 2.42 bits per heavy atom. The number of halogens is 1.